The molecular weight excluding hydrogens is 280 g/mol. The molecule has 0 saturated carbocycles. The second-order valence-corrected chi connectivity index (χ2v) is 5.78. The van der Waals surface area contributed by atoms with Crippen LogP contribution in [0.2, 0.25) is 5.02 Å². The van der Waals surface area contributed by atoms with Crippen LogP contribution >= 0.6 is 22.9 Å². The van der Waals surface area contributed by atoms with Gasteiger partial charge in [-0.15, -0.1) is 11.3 Å². The molecule has 3 nitrogen and oxygen atoms in total. The highest BCUT2D eigenvalue weighted by Gasteiger charge is 2.18. The van der Waals surface area contributed by atoms with Gasteiger partial charge < -0.3 is 10.0 Å². The first-order valence-electron chi connectivity index (χ1n) is 6.11. The van der Waals surface area contributed by atoms with Crippen LogP contribution in [0.4, 0.5) is 5.13 Å². The van der Waals surface area contributed by atoms with Crippen LogP contribution in [0.5, 0.6) is 0 Å². The van der Waals surface area contributed by atoms with Crippen molar-refractivity contribution in [3.8, 4) is 0 Å². The average molecular weight is 297 g/mol. The molecule has 0 radical (unpaired) electrons. The van der Waals surface area contributed by atoms with E-state index in [2.05, 4.69) is 16.8 Å². The van der Waals surface area contributed by atoms with Crippen molar-refractivity contribution in [3.63, 3.8) is 0 Å². The molecule has 0 saturated heterocycles. The maximum absolute atomic E-state index is 9.52. The fraction of sp³-hybridized carbons (Fsp3) is 0.357. The molecule has 0 aliphatic rings. The number of aliphatic hydroxyl groups excluding tert-OH is 1. The molecule has 0 amide bonds. The number of hydrogen-bond donors (Lipinski definition) is 1. The summed E-state index contributed by atoms with van der Waals surface area (Å²) in [5, 5.41) is 13.0. The lowest BCUT2D eigenvalue weighted by Crippen LogP contribution is -2.21. The molecule has 2 unspecified atom stereocenters. The molecule has 1 heterocycles. The van der Waals surface area contributed by atoms with Gasteiger partial charge in [0.25, 0.3) is 0 Å². The van der Waals surface area contributed by atoms with E-state index in [1.54, 1.807) is 6.92 Å². The van der Waals surface area contributed by atoms with Crippen molar-refractivity contribution in [2.45, 2.75) is 26.0 Å². The van der Waals surface area contributed by atoms with Crippen molar-refractivity contribution >= 4 is 28.1 Å². The largest absolute Gasteiger partial charge is 0.387 e. The molecule has 102 valence electrons. The fourth-order valence-corrected chi connectivity index (χ4v) is 3.07. The highest BCUT2D eigenvalue weighted by Crippen LogP contribution is 2.32. The van der Waals surface area contributed by atoms with E-state index in [1.165, 1.54) is 11.3 Å². The Hall–Kier alpha value is -1.10. The van der Waals surface area contributed by atoms with E-state index in [4.69, 9.17) is 11.6 Å². The van der Waals surface area contributed by atoms with Crippen molar-refractivity contribution in [2.24, 2.45) is 0 Å². The molecule has 2 aromatic rings. The summed E-state index contributed by atoms with van der Waals surface area (Å²) in [6, 6.07) is 7.95. The number of benzene rings is 1. The standard InChI is InChI=1S/C14H17ClN2OS/c1-9(11-6-4-5-7-12(11)15)17(3)14-16-13(8-19-14)10(2)18/h4-10,18H,1-3H3. The molecule has 2 rings (SSSR count). The minimum absolute atomic E-state index is 0.127. The van der Waals surface area contributed by atoms with E-state index >= 15 is 0 Å². The second kappa shape index (κ2) is 5.90. The monoisotopic (exact) mass is 296 g/mol. The first-order valence-corrected chi connectivity index (χ1v) is 7.37. The van der Waals surface area contributed by atoms with Gasteiger partial charge in [0.05, 0.1) is 17.8 Å². The number of aromatic nitrogens is 1. The summed E-state index contributed by atoms with van der Waals surface area (Å²) in [7, 11) is 1.98. The third kappa shape index (κ3) is 3.08. The molecule has 2 atom stereocenters. The highest BCUT2D eigenvalue weighted by molar-refractivity contribution is 7.13. The Kier molecular flexibility index (Phi) is 4.45. The number of nitrogens with zero attached hydrogens (tertiary/aromatic N) is 2. The lowest BCUT2D eigenvalue weighted by atomic mass is 10.1. The zero-order chi connectivity index (χ0) is 14.0. The molecule has 5 heteroatoms. The van der Waals surface area contributed by atoms with E-state index in [0.717, 1.165) is 15.7 Å². The highest BCUT2D eigenvalue weighted by atomic mass is 35.5. The summed E-state index contributed by atoms with van der Waals surface area (Å²) in [6.45, 7) is 3.81. The SMILES string of the molecule is CC(O)c1csc(N(C)C(C)c2ccccc2Cl)n1. The van der Waals surface area contributed by atoms with Gasteiger partial charge in [-0.3, -0.25) is 0 Å². The van der Waals surface area contributed by atoms with E-state index in [0.29, 0.717) is 5.69 Å². The molecule has 0 spiro atoms. The summed E-state index contributed by atoms with van der Waals surface area (Å²) in [4.78, 5) is 6.50. The van der Waals surface area contributed by atoms with Crippen molar-refractivity contribution in [1.29, 1.82) is 0 Å². The van der Waals surface area contributed by atoms with Gasteiger partial charge in [0.2, 0.25) is 0 Å². The van der Waals surface area contributed by atoms with Gasteiger partial charge in [-0.25, -0.2) is 4.98 Å². The van der Waals surface area contributed by atoms with Crippen LogP contribution in [0.1, 0.15) is 37.3 Å². The van der Waals surface area contributed by atoms with Crippen molar-refractivity contribution in [2.75, 3.05) is 11.9 Å². The van der Waals surface area contributed by atoms with Crippen LogP contribution < -0.4 is 4.90 Å². The third-order valence-electron chi connectivity index (χ3n) is 3.18. The van der Waals surface area contributed by atoms with Gasteiger partial charge in [0.15, 0.2) is 5.13 Å². The third-order valence-corrected chi connectivity index (χ3v) is 4.47. The topological polar surface area (TPSA) is 36.4 Å². The normalized spacial score (nSPS) is 14.2. The van der Waals surface area contributed by atoms with E-state index in [1.807, 2.05) is 36.7 Å². The van der Waals surface area contributed by atoms with Crippen LogP contribution in [0, 0.1) is 0 Å². The predicted molar refractivity (Wildman–Crippen MR) is 81.0 cm³/mol. The van der Waals surface area contributed by atoms with Crippen molar-refractivity contribution in [1.82, 2.24) is 4.98 Å². The molecule has 1 aromatic carbocycles. The molecule has 0 aliphatic carbocycles. The van der Waals surface area contributed by atoms with Gasteiger partial charge >= 0.3 is 0 Å². The zero-order valence-corrected chi connectivity index (χ0v) is 12.7. The molecule has 1 aromatic heterocycles. The summed E-state index contributed by atoms with van der Waals surface area (Å²) in [5.41, 5.74) is 1.78. The molecule has 0 aliphatic heterocycles. The number of thiazole rings is 1. The summed E-state index contributed by atoms with van der Waals surface area (Å²) in [5.74, 6) is 0. The Labute approximate surface area is 122 Å². The summed E-state index contributed by atoms with van der Waals surface area (Å²) in [6.07, 6.45) is -0.533. The van der Waals surface area contributed by atoms with Crippen molar-refractivity contribution in [3.05, 3.63) is 45.9 Å². The predicted octanol–water partition coefficient (Wildman–Crippen LogP) is 4.05. The number of halogens is 1. The minimum Gasteiger partial charge on any atom is -0.387 e. The van der Waals surface area contributed by atoms with Crippen molar-refractivity contribution < 1.29 is 5.11 Å². The maximum atomic E-state index is 9.52. The summed E-state index contributed by atoms with van der Waals surface area (Å²) < 4.78 is 0. The zero-order valence-electron chi connectivity index (χ0n) is 11.2. The van der Waals surface area contributed by atoms with Gasteiger partial charge in [-0.2, -0.15) is 0 Å². The van der Waals surface area contributed by atoms with Gasteiger partial charge in [-0.05, 0) is 25.5 Å². The van der Waals surface area contributed by atoms with Crippen LogP contribution in [-0.2, 0) is 0 Å². The Morgan fingerprint density at radius 3 is 2.58 bits per heavy atom. The summed E-state index contributed by atoms with van der Waals surface area (Å²) >= 11 is 7.75. The van der Waals surface area contributed by atoms with Crippen LogP contribution in [0.15, 0.2) is 29.6 Å². The number of aliphatic hydroxyl groups is 1. The van der Waals surface area contributed by atoms with E-state index in [9.17, 15) is 5.11 Å². The molecular formula is C14H17ClN2OS. The van der Waals surface area contributed by atoms with Gasteiger partial charge in [0, 0.05) is 17.5 Å². The first-order chi connectivity index (χ1) is 9.00. The van der Waals surface area contributed by atoms with E-state index < -0.39 is 6.10 Å². The Morgan fingerprint density at radius 2 is 2.00 bits per heavy atom. The maximum Gasteiger partial charge on any atom is 0.185 e. The Bertz CT molecular complexity index is 556. The second-order valence-electron chi connectivity index (χ2n) is 4.54. The Morgan fingerprint density at radius 1 is 1.32 bits per heavy atom. The smallest absolute Gasteiger partial charge is 0.185 e. The number of anilines is 1. The van der Waals surface area contributed by atoms with Crippen LogP contribution in [-0.4, -0.2) is 17.1 Å². The lowest BCUT2D eigenvalue weighted by molar-refractivity contribution is 0.195. The molecule has 0 fully saturated rings. The quantitative estimate of drug-likeness (QED) is 0.925. The number of rotatable bonds is 4. The molecule has 19 heavy (non-hydrogen) atoms. The fourth-order valence-electron chi connectivity index (χ4n) is 1.82. The Balaban J connectivity index is 2.23. The molecule has 1 N–H and O–H groups in total. The van der Waals surface area contributed by atoms with Crippen LogP contribution in [0.3, 0.4) is 0 Å². The number of hydrogen-bond acceptors (Lipinski definition) is 4. The minimum atomic E-state index is -0.533. The lowest BCUT2D eigenvalue weighted by Gasteiger charge is -2.25. The van der Waals surface area contributed by atoms with E-state index in [-0.39, 0.29) is 6.04 Å². The average Bonchev–Trinajstić information content (AvgIpc) is 2.87. The first kappa shape index (κ1) is 14.3. The van der Waals surface area contributed by atoms with Gasteiger partial charge in [0.1, 0.15) is 0 Å². The van der Waals surface area contributed by atoms with Crippen LogP contribution in [0.25, 0.3) is 0 Å². The van der Waals surface area contributed by atoms with Gasteiger partial charge in [-0.1, -0.05) is 29.8 Å². The molecule has 0 bridgehead atoms.